The molecule has 2 rings (SSSR count). The van der Waals surface area contributed by atoms with E-state index in [1.165, 1.54) is 22.9 Å². The molecule has 0 spiro atoms. The van der Waals surface area contributed by atoms with E-state index in [0.717, 1.165) is 13.1 Å². The molecule has 2 heteroatoms. The van der Waals surface area contributed by atoms with Gasteiger partial charge >= 0.3 is 0 Å². The van der Waals surface area contributed by atoms with Crippen LogP contribution in [0, 0.1) is 0 Å². The number of aromatic nitrogens is 1. The van der Waals surface area contributed by atoms with Crippen LogP contribution in [-0.4, -0.2) is 11.5 Å². The number of fused-ring (bicyclic) bond motifs is 1. The predicted molar refractivity (Wildman–Crippen MR) is 60.3 cm³/mol. The van der Waals surface area contributed by atoms with Gasteiger partial charge in [-0.1, -0.05) is 25.1 Å². The Morgan fingerprint density at radius 2 is 2.21 bits per heavy atom. The second-order valence-electron chi connectivity index (χ2n) is 3.54. The zero-order chi connectivity index (χ0) is 9.80. The lowest BCUT2D eigenvalue weighted by atomic mass is 10.1. The van der Waals surface area contributed by atoms with Gasteiger partial charge in [0.15, 0.2) is 0 Å². The van der Waals surface area contributed by atoms with E-state index in [4.69, 9.17) is 0 Å². The van der Waals surface area contributed by atoms with Crippen LogP contribution >= 0.6 is 0 Å². The number of benzene rings is 1. The van der Waals surface area contributed by atoms with E-state index < -0.39 is 0 Å². The molecule has 2 aromatic rings. The highest BCUT2D eigenvalue weighted by molar-refractivity contribution is 5.82. The maximum absolute atomic E-state index is 3.41. The standard InChI is InChI=1S/C12H16N2/c1-2-7-13-9-11-5-3-4-10-6-8-14-12(10)11/h3-6,8,13-14H,2,7,9H2,1H3. The lowest BCUT2D eigenvalue weighted by Gasteiger charge is -2.04. The van der Waals surface area contributed by atoms with Crippen molar-refractivity contribution in [3.05, 3.63) is 36.0 Å². The Hall–Kier alpha value is -1.28. The molecule has 0 radical (unpaired) electrons. The Bertz CT molecular complexity index is 403. The smallest absolute Gasteiger partial charge is 0.0499 e. The number of H-pyrrole nitrogens is 1. The van der Waals surface area contributed by atoms with Gasteiger partial charge in [-0.05, 0) is 30.0 Å². The molecule has 1 heterocycles. The maximum atomic E-state index is 3.41. The fourth-order valence-electron chi connectivity index (χ4n) is 1.70. The molecular weight excluding hydrogens is 172 g/mol. The van der Waals surface area contributed by atoms with Gasteiger partial charge in [-0.25, -0.2) is 0 Å². The minimum atomic E-state index is 0.950. The zero-order valence-corrected chi connectivity index (χ0v) is 8.51. The lowest BCUT2D eigenvalue weighted by molar-refractivity contribution is 0.677. The second kappa shape index (κ2) is 4.29. The molecule has 0 aliphatic carbocycles. The first-order chi connectivity index (χ1) is 6.92. The lowest BCUT2D eigenvalue weighted by Crippen LogP contribution is -2.13. The Labute approximate surface area is 84.3 Å². The van der Waals surface area contributed by atoms with Crippen molar-refractivity contribution in [2.45, 2.75) is 19.9 Å². The number of para-hydroxylation sites is 1. The first kappa shape index (κ1) is 9.28. The molecule has 0 aliphatic rings. The van der Waals surface area contributed by atoms with Crippen LogP contribution in [0.1, 0.15) is 18.9 Å². The Morgan fingerprint density at radius 1 is 1.29 bits per heavy atom. The third-order valence-corrected chi connectivity index (χ3v) is 2.42. The van der Waals surface area contributed by atoms with Crippen LogP contribution < -0.4 is 5.32 Å². The average molecular weight is 188 g/mol. The van der Waals surface area contributed by atoms with Gasteiger partial charge in [0.25, 0.3) is 0 Å². The Morgan fingerprint density at radius 3 is 3.07 bits per heavy atom. The summed E-state index contributed by atoms with van der Waals surface area (Å²) in [6, 6.07) is 8.52. The van der Waals surface area contributed by atoms with E-state index in [2.05, 4.69) is 41.5 Å². The summed E-state index contributed by atoms with van der Waals surface area (Å²) in [5, 5.41) is 4.71. The molecule has 0 atom stereocenters. The van der Waals surface area contributed by atoms with Crippen molar-refractivity contribution in [3.63, 3.8) is 0 Å². The molecule has 1 aromatic carbocycles. The number of hydrogen-bond acceptors (Lipinski definition) is 1. The minimum absolute atomic E-state index is 0.950. The summed E-state index contributed by atoms with van der Waals surface area (Å²) in [6.45, 7) is 4.21. The molecule has 74 valence electrons. The molecule has 0 saturated carbocycles. The first-order valence-electron chi connectivity index (χ1n) is 5.17. The van der Waals surface area contributed by atoms with Crippen LogP contribution in [0.5, 0.6) is 0 Å². The van der Waals surface area contributed by atoms with Gasteiger partial charge in [-0.3, -0.25) is 0 Å². The Kier molecular flexibility index (Phi) is 2.84. The fraction of sp³-hybridized carbons (Fsp3) is 0.333. The van der Waals surface area contributed by atoms with E-state index in [1.807, 2.05) is 6.20 Å². The minimum Gasteiger partial charge on any atom is -0.361 e. The molecule has 0 unspecified atom stereocenters. The quantitative estimate of drug-likeness (QED) is 0.709. The average Bonchev–Trinajstić information content (AvgIpc) is 2.67. The van der Waals surface area contributed by atoms with Crippen molar-refractivity contribution in [1.29, 1.82) is 0 Å². The third-order valence-electron chi connectivity index (χ3n) is 2.42. The summed E-state index contributed by atoms with van der Waals surface area (Å²) in [7, 11) is 0. The van der Waals surface area contributed by atoms with E-state index in [-0.39, 0.29) is 0 Å². The van der Waals surface area contributed by atoms with Gasteiger partial charge in [0.05, 0.1) is 0 Å². The van der Waals surface area contributed by atoms with Gasteiger partial charge in [-0.2, -0.15) is 0 Å². The predicted octanol–water partition coefficient (Wildman–Crippen LogP) is 2.67. The van der Waals surface area contributed by atoms with Gasteiger partial charge in [0.1, 0.15) is 0 Å². The first-order valence-corrected chi connectivity index (χ1v) is 5.17. The fourth-order valence-corrected chi connectivity index (χ4v) is 1.70. The molecule has 0 amide bonds. The summed E-state index contributed by atoms with van der Waals surface area (Å²) in [5.41, 5.74) is 2.61. The van der Waals surface area contributed by atoms with E-state index >= 15 is 0 Å². The summed E-state index contributed by atoms with van der Waals surface area (Å²) < 4.78 is 0. The van der Waals surface area contributed by atoms with Gasteiger partial charge in [0.2, 0.25) is 0 Å². The molecule has 2 nitrogen and oxygen atoms in total. The molecular formula is C12H16N2. The van der Waals surface area contributed by atoms with Crippen molar-refractivity contribution in [2.24, 2.45) is 0 Å². The number of nitrogens with one attached hydrogen (secondary N) is 2. The highest BCUT2D eigenvalue weighted by atomic mass is 14.8. The van der Waals surface area contributed by atoms with Crippen LogP contribution in [0.15, 0.2) is 30.5 Å². The molecule has 14 heavy (non-hydrogen) atoms. The third kappa shape index (κ3) is 1.80. The number of aromatic amines is 1. The topological polar surface area (TPSA) is 27.8 Å². The van der Waals surface area contributed by atoms with Crippen LogP contribution in [0.4, 0.5) is 0 Å². The molecule has 0 saturated heterocycles. The summed E-state index contributed by atoms with van der Waals surface area (Å²) >= 11 is 0. The highest BCUT2D eigenvalue weighted by Gasteiger charge is 1.99. The van der Waals surface area contributed by atoms with E-state index in [0.29, 0.717) is 0 Å². The van der Waals surface area contributed by atoms with Crippen molar-refractivity contribution in [3.8, 4) is 0 Å². The van der Waals surface area contributed by atoms with Crippen molar-refractivity contribution in [2.75, 3.05) is 6.54 Å². The summed E-state index contributed by atoms with van der Waals surface area (Å²) in [4.78, 5) is 3.28. The zero-order valence-electron chi connectivity index (χ0n) is 8.51. The molecule has 0 fully saturated rings. The van der Waals surface area contributed by atoms with Crippen molar-refractivity contribution >= 4 is 10.9 Å². The monoisotopic (exact) mass is 188 g/mol. The van der Waals surface area contributed by atoms with Gasteiger partial charge in [-0.15, -0.1) is 0 Å². The summed E-state index contributed by atoms with van der Waals surface area (Å²) in [6.07, 6.45) is 3.18. The van der Waals surface area contributed by atoms with E-state index in [9.17, 15) is 0 Å². The Balaban J connectivity index is 2.19. The molecule has 0 bridgehead atoms. The number of rotatable bonds is 4. The maximum Gasteiger partial charge on any atom is 0.0499 e. The largest absolute Gasteiger partial charge is 0.361 e. The normalized spacial score (nSPS) is 10.9. The SMILES string of the molecule is CCCNCc1cccc2cc[nH]c12. The van der Waals surface area contributed by atoms with Crippen molar-refractivity contribution in [1.82, 2.24) is 10.3 Å². The van der Waals surface area contributed by atoms with Crippen molar-refractivity contribution < 1.29 is 0 Å². The van der Waals surface area contributed by atoms with E-state index in [1.54, 1.807) is 0 Å². The molecule has 0 aliphatic heterocycles. The van der Waals surface area contributed by atoms with Crippen LogP contribution in [-0.2, 0) is 6.54 Å². The highest BCUT2D eigenvalue weighted by Crippen LogP contribution is 2.16. The summed E-state index contributed by atoms with van der Waals surface area (Å²) in [5.74, 6) is 0. The van der Waals surface area contributed by atoms with Crippen LogP contribution in [0.2, 0.25) is 0 Å². The van der Waals surface area contributed by atoms with Crippen LogP contribution in [0.3, 0.4) is 0 Å². The second-order valence-corrected chi connectivity index (χ2v) is 3.54. The van der Waals surface area contributed by atoms with Gasteiger partial charge < -0.3 is 10.3 Å². The molecule has 2 N–H and O–H groups in total. The van der Waals surface area contributed by atoms with Gasteiger partial charge in [0, 0.05) is 18.3 Å². The molecule has 1 aromatic heterocycles. The van der Waals surface area contributed by atoms with Crippen LogP contribution in [0.25, 0.3) is 10.9 Å². The number of hydrogen-bond donors (Lipinski definition) is 2.